The zero-order valence-corrected chi connectivity index (χ0v) is 10.5. The first-order valence-electron chi connectivity index (χ1n) is 4.76. The molecule has 0 spiro atoms. The predicted molar refractivity (Wildman–Crippen MR) is 66.0 cm³/mol. The van der Waals surface area contributed by atoms with E-state index in [1.165, 1.54) is 0 Å². The fraction of sp³-hybridized carbons (Fsp3) is 0.222. The lowest BCUT2D eigenvalue weighted by atomic mass is 10.3. The smallest absolute Gasteiger partial charge is 0.359 e. The largest absolute Gasteiger partial charge is 0.494 e. The van der Waals surface area contributed by atoms with Crippen LogP contribution >= 0.6 is 11.3 Å². The maximum Gasteiger partial charge on any atom is 0.359 e. The second-order valence-corrected chi connectivity index (χ2v) is 5.34. The number of nitrogens with zero attached hydrogens (tertiary/aromatic N) is 1. The Kier molecular flexibility index (Phi) is 3.18. The molecule has 0 unspecified atom stereocenters. The normalized spacial score (nSPS) is 11.6. The standard InChI is InChI=1S/C9H10N2O4S2/c1-2-15-6-3-4-7-8(5-6)16-9(10-7)11-17(12,13)14/h3-5H,2H2,1H3,(H,10,11)(H,12,13,14). The third-order valence-corrected chi connectivity index (χ3v) is 3.40. The summed E-state index contributed by atoms with van der Waals surface area (Å²) in [4.78, 5) is 4.01. The lowest BCUT2D eigenvalue weighted by Gasteiger charge is -2.00. The second kappa shape index (κ2) is 4.47. The van der Waals surface area contributed by atoms with E-state index >= 15 is 0 Å². The summed E-state index contributed by atoms with van der Waals surface area (Å²) in [6.07, 6.45) is 0. The zero-order valence-electron chi connectivity index (χ0n) is 8.87. The molecule has 2 rings (SSSR count). The van der Waals surface area contributed by atoms with Crippen LogP contribution in [0.4, 0.5) is 5.13 Å². The van der Waals surface area contributed by atoms with Crippen molar-refractivity contribution in [3.8, 4) is 5.75 Å². The van der Waals surface area contributed by atoms with Gasteiger partial charge in [0.2, 0.25) is 0 Å². The first-order valence-corrected chi connectivity index (χ1v) is 7.02. The molecule has 0 saturated heterocycles. The molecule has 0 radical (unpaired) electrons. The molecule has 1 aromatic carbocycles. The summed E-state index contributed by atoms with van der Waals surface area (Å²) in [6.45, 7) is 2.43. The van der Waals surface area contributed by atoms with Gasteiger partial charge in [-0.05, 0) is 25.1 Å². The zero-order chi connectivity index (χ0) is 12.5. The number of ether oxygens (including phenoxy) is 1. The number of anilines is 1. The summed E-state index contributed by atoms with van der Waals surface area (Å²) in [5.74, 6) is 0.696. The Labute approximate surface area is 102 Å². The van der Waals surface area contributed by atoms with Crippen LogP contribution < -0.4 is 9.46 Å². The number of hydrogen-bond acceptors (Lipinski definition) is 5. The van der Waals surface area contributed by atoms with Gasteiger partial charge in [0.15, 0.2) is 5.13 Å². The average Bonchev–Trinajstić information content (AvgIpc) is 2.56. The van der Waals surface area contributed by atoms with E-state index in [1.807, 2.05) is 11.6 Å². The van der Waals surface area contributed by atoms with Crippen molar-refractivity contribution in [1.29, 1.82) is 0 Å². The van der Waals surface area contributed by atoms with Crippen molar-refractivity contribution >= 4 is 37.0 Å². The summed E-state index contributed by atoms with van der Waals surface area (Å²) in [6, 6.07) is 5.25. The monoisotopic (exact) mass is 274 g/mol. The van der Waals surface area contributed by atoms with Crippen LogP contribution in [0, 0.1) is 0 Å². The van der Waals surface area contributed by atoms with E-state index in [4.69, 9.17) is 9.29 Å². The van der Waals surface area contributed by atoms with Crippen LogP contribution in [0.15, 0.2) is 18.2 Å². The fourth-order valence-corrected chi connectivity index (χ4v) is 2.81. The second-order valence-electron chi connectivity index (χ2n) is 3.16. The Hall–Kier alpha value is -1.38. The quantitative estimate of drug-likeness (QED) is 0.831. The van der Waals surface area contributed by atoms with Gasteiger partial charge in [0.05, 0.1) is 16.8 Å². The number of fused-ring (bicyclic) bond motifs is 1. The molecule has 0 atom stereocenters. The van der Waals surface area contributed by atoms with Gasteiger partial charge in [-0.3, -0.25) is 4.55 Å². The number of thiazole rings is 1. The lowest BCUT2D eigenvalue weighted by Crippen LogP contribution is -2.09. The molecular formula is C9H10N2O4S2. The van der Waals surface area contributed by atoms with Gasteiger partial charge in [-0.1, -0.05) is 11.3 Å². The number of benzene rings is 1. The predicted octanol–water partition coefficient (Wildman–Crippen LogP) is 1.91. The molecule has 0 amide bonds. The lowest BCUT2D eigenvalue weighted by molar-refractivity contribution is 0.341. The molecule has 2 N–H and O–H groups in total. The van der Waals surface area contributed by atoms with Gasteiger partial charge in [-0.25, -0.2) is 9.71 Å². The van der Waals surface area contributed by atoms with Crippen LogP contribution in [0.3, 0.4) is 0 Å². The summed E-state index contributed by atoms with van der Waals surface area (Å²) in [5.41, 5.74) is 0.643. The molecule has 0 aliphatic carbocycles. The molecule has 0 fully saturated rings. The molecule has 1 heterocycles. The fourth-order valence-electron chi connectivity index (χ4n) is 1.32. The molecular weight excluding hydrogens is 264 g/mol. The van der Waals surface area contributed by atoms with Crippen LogP contribution in [-0.4, -0.2) is 24.6 Å². The van der Waals surface area contributed by atoms with E-state index in [0.717, 1.165) is 16.0 Å². The van der Waals surface area contributed by atoms with E-state index in [9.17, 15) is 8.42 Å². The maximum atomic E-state index is 10.6. The molecule has 0 aliphatic heterocycles. The Morgan fingerprint density at radius 1 is 1.53 bits per heavy atom. The van der Waals surface area contributed by atoms with E-state index in [1.54, 1.807) is 18.2 Å². The number of aromatic nitrogens is 1. The van der Waals surface area contributed by atoms with E-state index in [0.29, 0.717) is 17.9 Å². The van der Waals surface area contributed by atoms with E-state index in [2.05, 4.69) is 4.98 Å². The minimum Gasteiger partial charge on any atom is -0.494 e. The SMILES string of the molecule is CCOc1ccc2nc(NS(=O)(=O)O)sc2c1. The van der Waals surface area contributed by atoms with Crippen LogP contribution in [0.25, 0.3) is 10.2 Å². The van der Waals surface area contributed by atoms with Gasteiger partial charge >= 0.3 is 10.3 Å². The third kappa shape index (κ3) is 3.05. The van der Waals surface area contributed by atoms with Gasteiger partial charge in [0, 0.05) is 0 Å². The average molecular weight is 274 g/mol. The van der Waals surface area contributed by atoms with Crippen molar-refractivity contribution in [3.05, 3.63) is 18.2 Å². The highest BCUT2D eigenvalue weighted by Crippen LogP contribution is 2.29. The Morgan fingerprint density at radius 3 is 2.94 bits per heavy atom. The summed E-state index contributed by atoms with van der Waals surface area (Å²) in [7, 11) is -4.28. The highest BCUT2D eigenvalue weighted by atomic mass is 32.2. The molecule has 17 heavy (non-hydrogen) atoms. The van der Waals surface area contributed by atoms with Crippen molar-refractivity contribution in [2.24, 2.45) is 0 Å². The maximum absolute atomic E-state index is 10.6. The van der Waals surface area contributed by atoms with Crippen molar-refractivity contribution < 1.29 is 17.7 Å². The van der Waals surface area contributed by atoms with Crippen molar-refractivity contribution in [3.63, 3.8) is 0 Å². The van der Waals surface area contributed by atoms with Crippen LogP contribution in [-0.2, 0) is 10.3 Å². The van der Waals surface area contributed by atoms with Crippen molar-refractivity contribution in [2.45, 2.75) is 6.92 Å². The molecule has 6 nitrogen and oxygen atoms in total. The Bertz CT molecular complexity index is 635. The van der Waals surface area contributed by atoms with Crippen molar-refractivity contribution in [2.75, 3.05) is 11.3 Å². The highest BCUT2D eigenvalue weighted by Gasteiger charge is 2.10. The molecule has 0 bridgehead atoms. The minimum absolute atomic E-state index is 0.121. The summed E-state index contributed by atoms with van der Waals surface area (Å²) >= 11 is 1.12. The third-order valence-electron chi connectivity index (χ3n) is 1.89. The van der Waals surface area contributed by atoms with Gasteiger partial charge < -0.3 is 4.74 Å². The molecule has 0 aliphatic rings. The van der Waals surface area contributed by atoms with Crippen LogP contribution in [0.2, 0.25) is 0 Å². The van der Waals surface area contributed by atoms with Gasteiger partial charge in [-0.15, -0.1) is 0 Å². The molecule has 8 heteroatoms. The Morgan fingerprint density at radius 2 is 2.29 bits per heavy atom. The minimum atomic E-state index is -4.28. The topological polar surface area (TPSA) is 88.5 Å². The molecule has 2 aromatic rings. The highest BCUT2D eigenvalue weighted by molar-refractivity contribution is 7.87. The number of rotatable bonds is 4. The van der Waals surface area contributed by atoms with E-state index < -0.39 is 10.3 Å². The first-order chi connectivity index (χ1) is 7.98. The molecule has 1 aromatic heterocycles. The first kappa shape index (κ1) is 12.1. The van der Waals surface area contributed by atoms with Gasteiger partial charge in [-0.2, -0.15) is 8.42 Å². The Balaban J connectivity index is 2.37. The number of hydrogen-bond donors (Lipinski definition) is 2. The molecule has 0 saturated carbocycles. The summed E-state index contributed by atoms with van der Waals surface area (Å²) < 4.78 is 37.9. The van der Waals surface area contributed by atoms with Gasteiger partial charge in [0.1, 0.15) is 5.75 Å². The van der Waals surface area contributed by atoms with Gasteiger partial charge in [0.25, 0.3) is 0 Å². The van der Waals surface area contributed by atoms with Crippen LogP contribution in [0.5, 0.6) is 5.75 Å². The van der Waals surface area contributed by atoms with Crippen LogP contribution in [0.1, 0.15) is 6.92 Å². The van der Waals surface area contributed by atoms with E-state index in [-0.39, 0.29) is 5.13 Å². The summed E-state index contributed by atoms with van der Waals surface area (Å²) in [5, 5.41) is 0.121. The van der Waals surface area contributed by atoms with Crippen molar-refractivity contribution in [1.82, 2.24) is 4.98 Å². The number of nitrogens with one attached hydrogen (secondary N) is 1. The molecule has 92 valence electrons.